The second-order valence-electron chi connectivity index (χ2n) is 3.76. The number of rotatable bonds is 1. The van der Waals surface area contributed by atoms with Crippen molar-refractivity contribution in [2.24, 2.45) is 0 Å². The highest BCUT2D eigenvalue weighted by Gasteiger charge is 2.07. The van der Waals surface area contributed by atoms with Crippen LogP contribution in [-0.4, -0.2) is 6.29 Å². The largest absolute Gasteiger partial charge is 0.298 e. The third kappa shape index (κ3) is 1.70. The molecule has 15 heavy (non-hydrogen) atoms. The molecule has 0 amide bonds. The molecule has 0 atom stereocenters. The van der Waals surface area contributed by atoms with Gasteiger partial charge in [-0.3, -0.25) is 4.79 Å². The van der Waals surface area contributed by atoms with Gasteiger partial charge in [0.1, 0.15) is 0 Å². The number of hydrogen-bond acceptors (Lipinski definition) is 1. The predicted octanol–water partition coefficient (Wildman–Crippen LogP) is 4.03. The molecule has 0 aliphatic heterocycles. The Hall–Kier alpha value is -1.15. The van der Waals surface area contributed by atoms with Crippen molar-refractivity contribution in [3.63, 3.8) is 0 Å². The van der Waals surface area contributed by atoms with Crippen molar-refractivity contribution in [3.05, 3.63) is 45.4 Å². The summed E-state index contributed by atoms with van der Waals surface area (Å²) in [7, 11) is 0. The van der Waals surface area contributed by atoms with Crippen molar-refractivity contribution in [2.75, 3.05) is 0 Å². The van der Waals surface area contributed by atoms with Crippen LogP contribution in [0.1, 0.15) is 21.5 Å². The minimum absolute atomic E-state index is 0.714. The molecule has 0 bridgehead atoms. The number of benzene rings is 2. The third-order valence-corrected chi connectivity index (χ3v) is 3.47. The lowest BCUT2D eigenvalue weighted by molar-refractivity contribution is 0.112. The van der Waals surface area contributed by atoms with E-state index in [2.05, 4.69) is 41.1 Å². The van der Waals surface area contributed by atoms with Gasteiger partial charge in [-0.25, -0.2) is 0 Å². The van der Waals surface area contributed by atoms with Crippen LogP contribution in [0.25, 0.3) is 10.8 Å². The minimum Gasteiger partial charge on any atom is -0.298 e. The quantitative estimate of drug-likeness (QED) is 0.710. The van der Waals surface area contributed by atoms with Crippen LogP contribution >= 0.6 is 15.9 Å². The summed E-state index contributed by atoms with van der Waals surface area (Å²) in [5.41, 5.74) is 3.05. The zero-order valence-corrected chi connectivity index (χ0v) is 10.3. The maximum atomic E-state index is 10.9. The summed E-state index contributed by atoms with van der Waals surface area (Å²) in [6.07, 6.45) is 0.888. The number of carbonyl (C=O) groups excluding carboxylic acids is 1. The number of aldehydes is 1. The summed E-state index contributed by atoms with van der Waals surface area (Å²) in [6, 6.07) is 8.19. The molecule has 0 saturated carbocycles. The van der Waals surface area contributed by atoms with Crippen LogP contribution in [0.5, 0.6) is 0 Å². The van der Waals surface area contributed by atoms with Crippen molar-refractivity contribution < 1.29 is 4.79 Å². The Kier molecular flexibility index (Phi) is 2.61. The van der Waals surface area contributed by atoms with Gasteiger partial charge in [-0.1, -0.05) is 23.8 Å². The molecule has 0 N–H and O–H groups in total. The number of hydrogen-bond donors (Lipinski definition) is 0. The van der Waals surface area contributed by atoms with Gasteiger partial charge in [-0.15, -0.1) is 0 Å². The monoisotopic (exact) mass is 262 g/mol. The number of carbonyl (C=O) groups is 1. The molecule has 0 aromatic heterocycles. The molecular formula is C13H11BrO. The molecule has 2 aromatic carbocycles. The SMILES string of the molecule is Cc1ccc2c(C)cc(C=O)c(Br)c2c1. The van der Waals surface area contributed by atoms with Crippen molar-refractivity contribution in [3.8, 4) is 0 Å². The topological polar surface area (TPSA) is 17.1 Å². The Morgan fingerprint density at radius 1 is 1.13 bits per heavy atom. The van der Waals surface area contributed by atoms with Gasteiger partial charge < -0.3 is 0 Å². The van der Waals surface area contributed by atoms with E-state index in [1.807, 2.05) is 13.0 Å². The van der Waals surface area contributed by atoms with E-state index in [9.17, 15) is 4.79 Å². The molecule has 0 unspecified atom stereocenters. The zero-order chi connectivity index (χ0) is 11.0. The molecule has 2 rings (SSSR count). The predicted molar refractivity (Wildman–Crippen MR) is 66.5 cm³/mol. The second-order valence-corrected chi connectivity index (χ2v) is 4.56. The van der Waals surface area contributed by atoms with E-state index in [1.165, 1.54) is 10.9 Å². The average Bonchev–Trinajstić information content (AvgIpc) is 2.23. The third-order valence-electron chi connectivity index (χ3n) is 2.59. The fraction of sp³-hybridized carbons (Fsp3) is 0.154. The summed E-state index contributed by atoms with van der Waals surface area (Å²) in [5, 5.41) is 2.30. The van der Waals surface area contributed by atoms with Crippen LogP contribution in [0.4, 0.5) is 0 Å². The Labute approximate surface area is 97.2 Å². The fourth-order valence-corrected chi connectivity index (χ4v) is 2.34. The molecule has 1 nitrogen and oxygen atoms in total. The number of fused-ring (bicyclic) bond motifs is 1. The van der Waals surface area contributed by atoms with Gasteiger partial charge in [-0.2, -0.15) is 0 Å². The van der Waals surface area contributed by atoms with E-state index in [0.29, 0.717) is 5.56 Å². The molecular weight excluding hydrogens is 252 g/mol. The van der Waals surface area contributed by atoms with Crippen LogP contribution < -0.4 is 0 Å². The van der Waals surface area contributed by atoms with Crippen LogP contribution in [0.2, 0.25) is 0 Å². The summed E-state index contributed by atoms with van der Waals surface area (Å²) < 4.78 is 0.891. The van der Waals surface area contributed by atoms with Gasteiger partial charge in [-0.05, 0) is 52.2 Å². The number of halogens is 1. The summed E-state index contributed by atoms with van der Waals surface area (Å²) in [4.78, 5) is 10.9. The number of aryl methyl sites for hydroxylation is 2. The van der Waals surface area contributed by atoms with Gasteiger partial charge in [0.05, 0.1) is 0 Å². The zero-order valence-electron chi connectivity index (χ0n) is 8.67. The molecule has 2 heteroatoms. The maximum Gasteiger partial charge on any atom is 0.151 e. The first kappa shape index (κ1) is 10.4. The lowest BCUT2D eigenvalue weighted by Gasteiger charge is -2.08. The molecule has 0 fully saturated rings. The van der Waals surface area contributed by atoms with E-state index in [4.69, 9.17) is 0 Å². The van der Waals surface area contributed by atoms with E-state index < -0.39 is 0 Å². The average molecular weight is 263 g/mol. The van der Waals surface area contributed by atoms with Crippen molar-refractivity contribution in [1.82, 2.24) is 0 Å². The van der Waals surface area contributed by atoms with Gasteiger partial charge >= 0.3 is 0 Å². The van der Waals surface area contributed by atoms with Crippen molar-refractivity contribution >= 4 is 33.0 Å². The molecule has 0 saturated heterocycles. The first-order valence-corrected chi connectivity index (χ1v) is 5.57. The standard InChI is InChI=1S/C13H11BrO/c1-8-3-4-11-9(2)6-10(7-15)13(14)12(11)5-8/h3-7H,1-2H3. The lowest BCUT2D eigenvalue weighted by atomic mass is 10.0. The van der Waals surface area contributed by atoms with Crippen molar-refractivity contribution in [2.45, 2.75) is 13.8 Å². The summed E-state index contributed by atoms with van der Waals surface area (Å²) >= 11 is 3.48. The first-order valence-electron chi connectivity index (χ1n) is 4.78. The molecule has 0 aliphatic rings. The Morgan fingerprint density at radius 2 is 1.87 bits per heavy atom. The molecule has 0 aliphatic carbocycles. The van der Waals surface area contributed by atoms with Gasteiger partial charge in [0.2, 0.25) is 0 Å². The minimum atomic E-state index is 0.714. The molecule has 76 valence electrons. The Morgan fingerprint density at radius 3 is 2.53 bits per heavy atom. The van der Waals surface area contributed by atoms with E-state index in [1.54, 1.807) is 0 Å². The fourth-order valence-electron chi connectivity index (χ4n) is 1.80. The highest BCUT2D eigenvalue weighted by molar-refractivity contribution is 9.10. The van der Waals surface area contributed by atoms with Crippen LogP contribution in [0, 0.1) is 13.8 Å². The lowest BCUT2D eigenvalue weighted by Crippen LogP contribution is -1.88. The van der Waals surface area contributed by atoms with E-state index in [0.717, 1.165) is 21.7 Å². The first-order chi connectivity index (χ1) is 7.13. The van der Waals surface area contributed by atoms with Crippen LogP contribution in [0.15, 0.2) is 28.7 Å². The molecule has 0 radical (unpaired) electrons. The van der Waals surface area contributed by atoms with Gasteiger partial charge in [0, 0.05) is 10.0 Å². The van der Waals surface area contributed by atoms with Crippen LogP contribution in [-0.2, 0) is 0 Å². The maximum absolute atomic E-state index is 10.9. The summed E-state index contributed by atoms with van der Waals surface area (Å²) in [5.74, 6) is 0. The highest BCUT2D eigenvalue weighted by Crippen LogP contribution is 2.30. The normalized spacial score (nSPS) is 10.6. The summed E-state index contributed by atoms with van der Waals surface area (Å²) in [6.45, 7) is 4.08. The van der Waals surface area contributed by atoms with E-state index >= 15 is 0 Å². The molecule has 0 heterocycles. The highest BCUT2D eigenvalue weighted by atomic mass is 79.9. The second kappa shape index (κ2) is 3.78. The van der Waals surface area contributed by atoms with Crippen LogP contribution in [0.3, 0.4) is 0 Å². The Bertz CT molecular complexity index is 544. The smallest absolute Gasteiger partial charge is 0.151 e. The van der Waals surface area contributed by atoms with Gasteiger partial charge in [0.25, 0.3) is 0 Å². The Balaban J connectivity index is 2.94. The molecule has 0 spiro atoms. The van der Waals surface area contributed by atoms with Crippen molar-refractivity contribution in [1.29, 1.82) is 0 Å². The molecule has 2 aromatic rings. The van der Waals surface area contributed by atoms with Gasteiger partial charge in [0.15, 0.2) is 6.29 Å². The van der Waals surface area contributed by atoms with E-state index in [-0.39, 0.29) is 0 Å².